The van der Waals surface area contributed by atoms with E-state index in [0.717, 1.165) is 48.8 Å². The maximum Gasteiger partial charge on any atom is 0.274 e. The summed E-state index contributed by atoms with van der Waals surface area (Å²) >= 11 is 7.63. The Bertz CT molecular complexity index is 739. The molecule has 1 saturated heterocycles. The Morgan fingerprint density at radius 3 is 2.59 bits per heavy atom. The number of nitrogens with zero attached hydrogens (tertiary/aromatic N) is 3. The highest BCUT2D eigenvalue weighted by Crippen LogP contribution is 2.31. The van der Waals surface area contributed by atoms with Crippen molar-refractivity contribution >= 4 is 41.7 Å². The molecule has 2 heterocycles. The Kier molecular flexibility index (Phi) is 8.83. The van der Waals surface area contributed by atoms with E-state index in [4.69, 9.17) is 11.6 Å². The summed E-state index contributed by atoms with van der Waals surface area (Å²) in [5.41, 5.74) is 0.403. The predicted octanol–water partition coefficient (Wildman–Crippen LogP) is 4.31. The molecule has 0 spiro atoms. The van der Waals surface area contributed by atoms with Gasteiger partial charge in [-0.2, -0.15) is 0 Å². The highest BCUT2D eigenvalue weighted by atomic mass is 35.5. The fourth-order valence-corrected chi connectivity index (χ4v) is 4.09. The zero-order valence-corrected chi connectivity index (χ0v) is 17.6. The van der Waals surface area contributed by atoms with Gasteiger partial charge in [-0.25, -0.2) is 0 Å². The number of nitrogens with one attached hydrogen (secondary N) is 1. The molecule has 0 unspecified atom stereocenters. The van der Waals surface area contributed by atoms with Gasteiger partial charge in [-0.3, -0.25) is 4.79 Å². The number of amides is 1. The lowest BCUT2D eigenvalue weighted by Crippen LogP contribution is -2.46. The second kappa shape index (κ2) is 10.9. The second-order valence-corrected chi connectivity index (χ2v) is 7.74. The third kappa shape index (κ3) is 5.82. The Morgan fingerprint density at radius 2 is 1.96 bits per heavy atom. The molecule has 0 radical (unpaired) electrons. The van der Waals surface area contributed by atoms with Gasteiger partial charge in [0.15, 0.2) is 5.69 Å². The van der Waals surface area contributed by atoms with Crippen LogP contribution in [-0.2, 0) is 0 Å². The van der Waals surface area contributed by atoms with Crippen LogP contribution in [0.3, 0.4) is 0 Å². The van der Waals surface area contributed by atoms with Crippen LogP contribution in [0.1, 0.15) is 36.7 Å². The van der Waals surface area contributed by atoms with E-state index in [1.807, 2.05) is 35.2 Å². The molecule has 1 N–H and O–H groups in total. The zero-order chi connectivity index (χ0) is 18.4. The summed E-state index contributed by atoms with van der Waals surface area (Å²) in [4.78, 5) is 15.8. The van der Waals surface area contributed by atoms with Gasteiger partial charge >= 0.3 is 0 Å². The Hall–Kier alpha value is -1.34. The first-order valence-electron chi connectivity index (χ1n) is 8.97. The zero-order valence-electron chi connectivity index (χ0n) is 15.2. The number of carbonyl (C=O) groups is 1. The topological polar surface area (TPSA) is 58.1 Å². The average molecular weight is 427 g/mol. The predicted molar refractivity (Wildman–Crippen MR) is 112 cm³/mol. The number of halogens is 2. The third-order valence-corrected chi connectivity index (χ3v) is 5.83. The number of rotatable bonds is 6. The minimum atomic E-state index is -0.0273. The summed E-state index contributed by atoms with van der Waals surface area (Å²) in [6, 6.07) is 11.5. The van der Waals surface area contributed by atoms with Gasteiger partial charge in [-0.1, -0.05) is 42.4 Å². The van der Waals surface area contributed by atoms with Crippen molar-refractivity contribution < 1.29 is 4.79 Å². The van der Waals surface area contributed by atoms with Gasteiger partial charge in [0, 0.05) is 17.5 Å². The van der Waals surface area contributed by atoms with Crippen LogP contribution in [-0.4, -0.2) is 46.7 Å². The standard InChI is InChI=1S/C19H23ClN4OS.ClH/c1-2-13-24(14-9-11-21-12-10-14)19(25)16-7-8-18(23-22-16)26-17-6-4-3-5-15(17)20;/h3-8,14,21H,2,9-13H2,1H3;1H. The SMILES string of the molecule is CCCN(C(=O)c1ccc(Sc2ccccc2Cl)nn1)C1CCNCC1.Cl. The van der Waals surface area contributed by atoms with E-state index in [0.29, 0.717) is 10.7 Å². The van der Waals surface area contributed by atoms with E-state index in [-0.39, 0.29) is 24.4 Å². The molecule has 3 rings (SSSR count). The number of aromatic nitrogens is 2. The second-order valence-electron chi connectivity index (χ2n) is 6.27. The van der Waals surface area contributed by atoms with E-state index >= 15 is 0 Å². The van der Waals surface area contributed by atoms with Crippen LogP contribution in [0.4, 0.5) is 0 Å². The van der Waals surface area contributed by atoms with Gasteiger partial charge in [0.1, 0.15) is 5.03 Å². The lowest BCUT2D eigenvalue weighted by Gasteiger charge is -2.34. The first-order valence-corrected chi connectivity index (χ1v) is 10.2. The van der Waals surface area contributed by atoms with Crippen molar-refractivity contribution in [3.05, 3.63) is 47.1 Å². The van der Waals surface area contributed by atoms with Gasteiger partial charge in [-0.15, -0.1) is 22.6 Å². The lowest BCUT2D eigenvalue weighted by atomic mass is 10.0. The van der Waals surface area contributed by atoms with Gasteiger partial charge in [0.2, 0.25) is 0 Å². The summed E-state index contributed by atoms with van der Waals surface area (Å²) in [5.74, 6) is -0.0273. The summed E-state index contributed by atoms with van der Waals surface area (Å²) in [6.45, 7) is 4.76. The fraction of sp³-hybridized carbons (Fsp3) is 0.421. The van der Waals surface area contributed by atoms with Crippen LogP contribution in [0.2, 0.25) is 5.02 Å². The maximum absolute atomic E-state index is 12.9. The molecule has 1 aromatic heterocycles. The van der Waals surface area contributed by atoms with E-state index in [9.17, 15) is 4.79 Å². The minimum Gasteiger partial charge on any atom is -0.334 e. The van der Waals surface area contributed by atoms with Crippen molar-refractivity contribution in [1.29, 1.82) is 0 Å². The summed E-state index contributed by atoms with van der Waals surface area (Å²) in [5, 5.41) is 13.1. The number of benzene rings is 1. The number of hydrogen-bond donors (Lipinski definition) is 1. The third-order valence-electron chi connectivity index (χ3n) is 4.39. The van der Waals surface area contributed by atoms with Crippen LogP contribution in [0, 0.1) is 0 Å². The van der Waals surface area contributed by atoms with Crippen molar-refractivity contribution in [1.82, 2.24) is 20.4 Å². The Labute approximate surface area is 175 Å². The molecule has 5 nitrogen and oxygen atoms in total. The highest BCUT2D eigenvalue weighted by molar-refractivity contribution is 7.99. The van der Waals surface area contributed by atoms with Crippen molar-refractivity contribution in [2.45, 2.75) is 42.1 Å². The van der Waals surface area contributed by atoms with Gasteiger partial charge in [0.05, 0.1) is 5.02 Å². The van der Waals surface area contributed by atoms with Crippen LogP contribution in [0.5, 0.6) is 0 Å². The molecular formula is C19H24Cl2N4OS. The van der Waals surface area contributed by atoms with Crippen molar-refractivity contribution in [3.63, 3.8) is 0 Å². The van der Waals surface area contributed by atoms with Crippen LogP contribution in [0.15, 0.2) is 46.3 Å². The van der Waals surface area contributed by atoms with Crippen LogP contribution < -0.4 is 5.32 Å². The van der Waals surface area contributed by atoms with Gasteiger partial charge in [-0.05, 0) is 56.6 Å². The number of hydrogen-bond acceptors (Lipinski definition) is 5. The van der Waals surface area contributed by atoms with E-state index in [2.05, 4.69) is 22.4 Å². The molecule has 1 aliphatic heterocycles. The molecule has 0 atom stereocenters. The molecule has 146 valence electrons. The molecule has 1 fully saturated rings. The van der Waals surface area contributed by atoms with Crippen molar-refractivity contribution in [2.24, 2.45) is 0 Å². The summed E-state index contributed by atoms with van der Waals surface area (Å²) in [6.07, 6.45) is 2.91. The molecular weight excluding hydrogens is 403 g/mol. The van der Waals surface area contributed by atoms with Crippen molar-refractivity contribution in [2.75, 3.05) is 19.6 Å². The normalized spacial score (nSPS) is 14.4. The largest absolute Gasteiger partial charge is 0.334 e. The average Bonchev–Trinajstić information content (AvgIpc) is 2.69. The van der Waals surface area contributed by atoms with E-state index < -0.39 is 0 Å². The lowest BCUT2D eigenvalue weighted by molar-refractivity contribution is 0.0635. The molecule has 0 aliphatic carbocycles. The first kappa shape index (κ1) is 22.0. The molecule has 2 aromatic rings. The number of piperidine rings is 1. The van der Waals surface area contributed by atoms with Crippen LogP contribution >= 0.6 is 35.8 Å². The highest BCUT2D eigenvalue weighted by Gasteiger charge is 2.26. The molecule has 1 aliphatic rings. The molecule has 0 bridgehead atoms. The fourth-order valence-electron chi connectivity index (χ4n) is 3.09. The Morgan fingerprint density at radius 1 is 1.22 bits per heavy atom. The minimum absolute atomic E-state index is 0. The monoisotopic (exact) mass is 426 g/mol. The summed E-state index contributed by atoms with van der Waals surface area (Å²) in [7, 11) is 0. The summed E-state index contributed by atoms with van der Waals surface area (Å²) < 4.78 is 0. The maximum atomic E-state index is 12.9. The smallest absolute Gasteiger partial charge is 0.274 e. The Balaban J connectivity index is 0.00000261. The first-order chi connectivity index (χ1) is 12.7. The molecule has 0 saturated carbocycles. The van der Waals surface area contributed by atoms with Gasteiger partial charge < -0.3 is 10.2 Å². The number of carbonyl (C=O) groups excluding carboxylic acids is 1. The molecule has 8 heteroatoms. The van der Waals surface area contributed by atoms with E-state index in [1.54, 1.807) is 6.07 Å². The molecule has 27 heavy (non-hydrogen) atoms. The molecule has 1 aromatic carbocycles. The van der Waals surface area contributed by atoms with E-state index in [1.165, 1.54) is 11.8 Å². The van der Waals surface area contributed by atoms with Crippen molar-refractivity contribution in [3.8, 4) is 0 Å². The van der Waals surface area contributed by atoms with Gasteiger partial charge in [0.25, 0.3) is 5.91 Å². The molecule has 1 amide bonds. The van der Waals surface area contributed by atoms with Crippen LogP contribution in [0.25, 0.3) is 0 Å². The quantitative estimate of drug-likeness (QED) is 0.745.